The standard InChI is InChI=1S/C23H17Cl2F6N3O5S/c24-14-11(1-2-12(15(14)25)21(39,22(26,27)28)23(29,30)31)17-16(19(37)34-5-8-3-13(8)34)32-18(40-17)20(38)33-6-9(35)4-10(36)7-33/h1-2,5,9-10,13,35-36,39H,3-4,6-7H2/t9-,10+,13?. The first-order chi connectivity index (χ1) is 18.5. The Labute approximate surface area is 235 Å². The predicted octanol–water partition coefficient (Wildman–Crippen LogP) is 4.11. The molecule has 3 N–H and O–H groups in total. The van der Waals surface area contributed by atoms with Crippen LogP contribution < -0.4 is 0 Å². The van der Waals surface area contributed by atoms with Gasteiger partial charge in [-0.3, -0.25) is 9.59 Å². The van der Waals surface area contributed by atoms with Crippen molar-refractivity contribution in [3.05, 3.63) is 50.2 Å². The van der Waals surface area contributed by atoms with Crippen LogP contribution in [0.3, 0.4) is 0 Å². The molecule has 2 aromatic rings. The number of halogens is 8. The molecule has 0 bridgehead atoms. The first-order valence-electron chi connectivity index (χ1n) is 11.5. The highest BCUT2D eigenvalue weighted by Crippen LogP contribution is 2.54. The number of alkyl halides is 6. The van der Waals surface area contributed by atoms with Crippen LogP contribution in [0.1, 0.15) is 38.7 Å². The number of carbonyl (C=O) groups excluding carboxylic acids is 2. The van der Waals surface area contributed by atoms with Gasteiger partial charge in [-0.1, -0.05) is 35.3 Å². The molecule has 2 amide bonds. The largest absolute Gasteiger partial charge is 0.430 e. The lowest BCUT2D eigenvalue weighted by Crippen LogP contribution is -2.54. The fourth-order valence-corrected chi connectivity index (χ4v) is 6.32. The average Bonchev–Trinajstić information content (AvgIpc) is 3.26. The molecule has 1 saturated heterocycles. The lowest BCUT2D eigenvalue weighted by Gasteiger charge is -2.33. The van der Waals surface area contributed by atoms with Crippen molar-refractivity contribution in [3.63, 3.8) is 0 Å². The van der Waals surface area contributed by atoms with Crippen molar-refractivity contribution in [2.45, 2.75) is 49.0 Å². The number of carbonyl (C=O) groups is 2. The minimum absolute atomic E-state index is 0.0321. The van der Waals surface area contributed by atoms with Crippen molar-refractivity contribution < 1.29 is 51.3 Å². The summed E-state index contributed by atoms with van der Waals surface area (Å²) in [6.07, 6.45) is -12.3. The van der Waals surface area contributed by atoms with Gasteiger partial charge >= 0.3 is 12.4 Å². The van der Waals surface area contributed by atoms with Gasteiger partial charge in [-0.2, -0.15) is 26.3 Å². The number of β-amino-alcohol motifs (C(OH)–C–C–N with tert-alkyl or cyclic N) is 2. The topological polar surface area (TPSA) is 114 Å². The second-order valence-electron chi connectivity index (χ2n) is 9.58. The maximum Gasteiger partial charge on any atom is 0.430 e. The van der Waals surface area contributed by atoms with E-state index in [1.807, 2.05) is 0 Å². The Morgan fingerprint density at radius 3 is 2.08 bits per heavy atom. The van der Waals surface area contributed by atoms with Crippen LogP contribution in [-0.4, -0.2) is 85.6 Å². The summed E-state index contributed by atoms with van der Waals surface area (Å²) in [5.41, 5.74) is -6.81. The molecule has 1 unspecified atom stereocenters. The molecule has 1 saturated carbocycles. The molecule has 0 spiro atoms. The zero-order valence-corrected chi connectivity index (χ0v) is 22.1. The molecule has 1 aromatic heterocycles. The number of aliphatic hydroxyl groups excluding tert-OH is 2. The van der Waals surface area contributed by atoms with E-state index in [1.165, 1.54) is 4.90 Å². The number of likely N-dealkylation sites (tertiary alicyclic amines) is 1. The molecule has 5 rings (SSSR count). The van der Waals surface area contributed by atoms with Crippen molar-refractivity contribution in [3.8, 4) is 10.4 Å². The molecule has 3 heterocycles. The van der Waals surface area contributed by atoms with Gasteiger partial charge in [0.25, 0.3) is 17.4 Å². The molecular weight excluding hydrogens is 615 g/mol. The van der Waals surface area contributed by atoms with Crippen LogP contribution in [0.5, 0.6) is 0 Å². The second-order valence-corrected chi connectivity index (χ2v) is 11.3. The first kappa shape index (κ1) is 29.1. The Balaban J connectivity index is 1.61. The Bertz CT molecular complexity index is 1420. The Morgan fingerprint density at radius 1 is 0.975 bits per heavy atom. The van der Waals surface area contributed by atoms with Crippen LogP contribution in [0.15, 0.2) is 23.9 Å². The molecule has 216 valence electrons. The summed E-state index contributed by atoms with van der Waals surface area (Å²) < 4.78 is 80.9. The summed E-state index contributed by atoms with van der Waals surface area (Å²) in [5, 5.41) is 27.3. The highest BCUT2D eigenvalue weighted by Gasteiger charge is 2.72. The summed E-state index contributed by atoms with van der Waals surface area (Å²) in [6, 6.07) is 0.830. The summed E-state index contributed by atoms with van der Waals surface area (Å²) in [7, 11) is 0. The number of piperidine rings is 1. The van der Waals surface area contributed by atoms with Crippen molar-refractivity contribution in [1.82, 2.24) is 14.8 Å². The van der Waals surface area contributed by atoms with E-state index in [0.717, 1.165) is 10.5 Å². The zero-order valence-electron chi connectivity index (χ0n) is 19.7. The summed E-state index contributed by atoms with van der Waals surface area (Å²) >= 11 is 12.6. The van der Waals surface area contributed by atoms with Crippen LogP contribution in [0.25, 0.3) is 10.4 Å². The van der Waals surface area contributed by atoms with Gasteiger partial charge in [-0.15, -0.1) is 11.3 Å². The molecule has 40 heavy (non-hydrogen) atoms. The summed E-state index contributed by atoms with van der Waals surface area (Å²) in [6.45, 7) is -0.299. The highest BCUT2D eigenvalue weighted by molar-refractivity contribution is 7.17. The third-order valence-electron chi connectivity index (χ3n) is 6.82. The number of fused-ring (bicyclic) bond motifs is 1. The molecule has 17 heteroatoms. The van der Waals surface area contributed by atoms with Gasteiger partial charge in [-0.25, -0.2) is 4.98 Å². The third-order valence-corrected chi connectivity index (χ3v) is 8.77. The van der Waals surface area contributed by atoms with Crippen LogP contribution in [-0.2, 0) is 5.60 Å². The van der Waals surface area contributed by atoms with E-state index in [9.17, 15) is 51.3 Å². The molecule has 0 radical (unpaired) electrons. The normalized spacial score (nSPS) is 23.0. The van der Waals surface area contributed by atoms with Crippen LogP contribution in [0, 0.1) is 0 Å². The van der Waals surface area contributed by atoms with Gasteiger partial charge in [0.05, 0.1) is 33.2 Å². The number of aromatic nitrogens is 1. The van der Waals surface area contributed by atoms with Gasteiger partial charge in [0.2, 0.25) is 0 Å². The van der Waals surface area contributed by atoms with E-state index in [1.54, 1.807) is 6.20 Å². The number of aliphatic hydroxyl groups is 3. The fraction of sp³-hybridized carbons (Fsp3) is 0.435. The molecule has 3 aliphatic rings. The van der Waals surface area contributed by atoms with Crippen LogP contribution >= 0.6 is 34.5 Å². The second kappa shape index (κ2) is 9.56. The van der Waals surface area contributed by atoms with Gasteiger partial charge in [0, 0.05) is 36.8 Å². The minimum atomic E-state index is -6.22. The van der Waals surface area contributed by atoms with Crippen molar-refractivity contribution in [1.29, 1.82) is 0 Å². The number of hydrogen-bond acceptors (Lipinski definition) is 7. The van der Waals surface area contributed by atoms with Gasteiger partial charge in [-0.05, 0) is 12.0 Å². The van der Waals surface area contributed by atoms with Crippen molar-refractivity contribution >= 4 is 46.4 Å². The maximum absolute atomic E-state index is 13.5. The maximum atomic E-state index is 13.5. The van der Waals surface area contributed by atoms with E-state index in [2.05, 4.69) is 4.98 Å². The number of hydrogen-bond donors (Lipinski definition) is 3. The van der Waals surface area contributed by atoms with Gasteiger partial charge in [0.15, 0.2) is 5.01 Å². The lowest BCUT2D eigenvalue weighted by molar-refractivity contribution is -0.376. The summed E-state index contributed by atoms with van der Waals surface area (Å²) in [4.78, 5) is 32.8. The van der Waals surface area contributed by atoms with Crippen molar-refractivity contribution in [2.24, 2.45) is 0 Å². The molecular formula is C23H17Cl2F6N3O5S. The Hall–Kier alpha value is -2.43. The van der Waals surface area contributed by atoms with E-state index in [0.29, 0.717) is 29.9 Å². The van der Waals surface area contributed by atoms with Crippen molar-refractivity contribution in [2.75, 3.05) is 13.1 Å². The minimum Gasteiger partial charge on any atom is -0.391 e. The lowest BCUT2D eigenvalue weighted by atomic mass is 9.91. The monoisotopic (exact) mass is 631 g/mol. The quantitative estimate of drug-likeness (QED) is 0.438. The molecule has 3 atom stereocenters. The van der Waals surface area contributed by atoms with E-state index in [4.69, 9.17) is 23.2 Å². The molecule has 2 aliphatic heterocycles. The number of rotatable bonds is 4. The predicted molar refractivity (Wildman–Crippen MR) is 129 cm³/mol. The SMILES string of the molecule is O=C(c1nc(C(=O)N2C=C3CC32)c(-c2ccc(C(O)(C(F)(F)F)C(F)(F)F)c(Cl)c2Cl)s1)N1C[C@H](O)C[C@H](O)C1. The first-order valence-corrected chi connectivity index (χ1v) is 13.1. The number of thiazole rings is 1. The molecule has 8 nitrogen and oxygen atoms in total. The third kappa shape index (κ3) is 4.56. The van der Waals surface area contributed by atoms with E-state index in [-0.39, 0.29) is 46.7 Å². The van der Waals surface area contributed by atoms with Gasteiger partial charge in [0.1, 0.15) is 5.69 Å². The smallest absolute Gasteiger partial charge is 0.391 e. The Morgan fingerprint density at radius 2 is 1.57 bits per heavy atom. The van der Waals surface area contributed by atoms with Crippen LogP contribution in [0.2, 0.25) is 10.0 Å². The average molecular weight is 632 g/mol. The molecule has 1 aromatic carbocycles. The van der Waals surface area contributed by atoms with E-state index < -0.39 is 57.6 Å². The summed E-state index contributed by atoms with van der Waals surface area (Å²) in [5.74, 6) is -1.48. The van der Waals surface area contributed by atoms with Gasteiger partial charge < -0.3 is 25.1 Å². The number of amides is 2. The Kier molecular flexibility index (Phi) is 6.95. The highest BCUT2D eigenvalue weighted by atomic mass is 35.5. The molecule has 2 fully saturated rings. The number of benzene rings is 1. The van der Waals surface area contributed by atoms with E-state index >= 15 is 0 Å². The van der Waals surface area contributed by atoms with Crippen LogP contribution in [0.4, 0.5) is 26.3 Å². The molecule has 1 aliphatic carbocycles. The number of nitrogens with zero attached hydrogens (tertiary/aromatic N) is 3. The zero-order chi connectivity index (χ0) is 29.5. The fourth-order valence-electron chi connectivity index (χ4n) is 4.65.